The van der Waals surface area contributed by atoms with Crippen molar-refractivity contribution in [2.75, 3.05) is 0 Å². The molecule has 4 aliphatic rings. The molecule has 6 aromatic heterocycles. The Hall–Kier alpha value is -10.4. The fourth-order valence-electron chi connectivity index (χ4n) is 23.4. The molecular formula is C138H186N8. The summed E-state index contributed by atoms with van der Waals surface area (Å²) < 4.78 is 0. The van der Waals surface area contributed by atoms with Gasteiger partial charge in [-0.25, -0.2) is 19.9 Å². The highest BCUT2D eigenvalue weighted by Gasteiger charge is 2.34. The van der Waals surface area contributed by atoms with Gasteiger partial charge in [-0.15, -0.1) is 0 Å². The van der Waals surface area contributed by atoms with Crippen molar-refractivity contribution in [3.8, 4) is 56.3 Å². The van der Waals surface area contributed by atoms with Crippen LogP contribution in [0.4, 0.5) is 0 Å². The first kappa shape index (κ1) is 111. The number of benzene rings is 4. The van der Waals surface area contributed by atoms with E-state index in [0.29, 0.717) is 0 Å². The number of aromatic nitrogens is 8. The average molecular weight is 1960 g/mol. The smallest absolute Gasteiger partial charge is 0.0769 e. The molecule has 778 valence electrons. The maximum absolute atomic E-state index is 6.16. The highest BCUT2D eigenvalue weighted by atomic mass is 14.8. The number of hydrogen-bond acceptors (Lipinski definition) is 4. The lowest BCUT2D eigenvalue weighted by atomic mass is 9.78. The highest BCUT2D eigenvalue weighted by molar-refractivity contribution is 6.07. The van der Waals surface area contributed by atoms with Crippen molar-refractivity contribution in [1.82, 2.24) is 39.9 Å². The van der Waals surface area contributed by atoms with Gasteiger partial charge in [0.2, 0.25) is 0 Å². The van der Waals surface area contributed by atoms with Gasteiger partial charge in [-0.05, 0) is 362 Å². The Morgan fingerprint density at radius 2 is 0.425 bits per heavy atom. The van der Waals surface area contributed by atoms with E-state index in [4.69, 9.17) is 19.9 Å². The maximum atomic E-state index is 6.16. The van der Waals surface area contributed by atoms with E-state index in [1.54, 1.807) is 0 Å². The molecule has 0 saturated carbocycles. The van der Waals surface area contributed by atoms with E-state index in [1.807, 2.05) is 0 Å². The fraction of sp³-hybridized carbons (Fsp3) is 0.522. The molecule has 0 unspecified atom stereocenters. The number of allylic oxidation sites excluding steroid dienone is 8. The van der Waals surface area contributed by atoms with Crippen LogP contribution < -0.4 is 0 Å². The number of aryl methyl sites for hydroxylation is 8. The minimum absolute atomic E-state index is 0.0870. The maximum Gasteiger partial charge on any atom is 0.0769 e. The highest BCUT2D eigenvalue weighted by Crippen LogP contribution is 2.51. The molecule has 0 aliphatic carbocycles. The van der Waals surface area contributed by atoms with Gasteiger partial charge in [-0.1, -0.05) is 365 Å². The van der Waals surface area contributed by atoms with E-state index in [2.05, 4.69) is 335 Å². The Bertz CT molecular complexity index is 6660. The van der Waals surface area contributed by atoms with Gasteiger partial charge in [0.1, 0.15) is 0 Å². The molecule has 0 radical (unpaired) electrons. The molecule has 16 bridgehead atoms. The van der Waals surface area contributed by atoms with E-state index < -0.39 is 0 Å². The first-order chi connectivity index (χ1) is 70.0. The number of H-pyrrole nitrogens is 4. The van der Waals surface area contributed by atoms with Gasteiger partial charge in [0.15, 0.2) is 0 Å². The van der Waals surface area contributed by atoms with Crippen LogP contribution in [0.2, 0.25) is 0 Å². The lowest BCUT2D eigenvalue weighted by Crippen LogP contribution is -2.16. The summed E-state index contributed by atoms with van der Waals surface area (Å²) in [6, 6.07) is 43.5. The topological polar surface area (TPSA) is 115 Å². The third-order valence-electron chi connectivity index (χ3n) is 33.0. The Morgan fingerprint density at radius 3 is 0.658 bits per heavy atom. The second-order valence-corrected chi connectivity index (χ2v) is 48.4. The van der Waals surface area contributed by atoms with E-state index >= 15 is 0 Å². The van der Waals surface area contributed by atoms with Crippen LogP contribution in [-0.2, 0) is 47.3 Å². The molecular weight excluding hydrogens is 1770 g/mol. The van der Waals surface area contributed by atoms with Crippen LogP contribution in [0.15, 0.2) is 109 Å². The van der Waals surface area contributed by atoms with Crippen LogP contribution in [0.25, 0.3) is 133 Å². The van der Waals surface area contributed by atoms with E-state index in [1.165, 1.54) is 321 Å². The van der Waals surface area contributed by atoms with Crippen molar-refractivity contribution >= 4 is 88.7 Å². The molecule has 146 heavy (non-hydrogen) atoms. The third kappa shape index (κ3) is 25.7. The van der Waals surface area contributed by atoms with Gasteiger partial charge in [0.25, 0.3) is 0 Å². The molecule has 10 heterocycles. The SMILES string of the molecule is CCCCCCC1=C(C)c2nc1cc1[nH]c(c(C)c1CCCCCC)c(-c1cc(C(C)(C)C)cc(C(C)(C)C)c1)c1[nH]c(cc3nc(c2-c2ccc(C#Cc4ccc(-c5c6nc(cc7[nH]c(c(C)c7CCCCCC)c(-c7cc(C(C)(C)C)cc(C(C)(C)C)c7)c7nc(cc8[nH]c5c(C)c8CCCCCC)C(CCCCCC)=C7C)C(CCCCCC)=C6C)cc4)cc2)C(C)=C3CCCCCC)c(CCCCCC)c1C. The van der Waals surface area contributed by atoms with Gasteiger partial charge in [-0.2, -0.15) is 0 Å². The van der Waals surface area contributed by atoms with E-state index in [9.17, 15) is 0 Å². The summed E-state index contributed by atoms with van der Waals surface area (Å²) in [7, 11) is 0. The summed E-state index contributed by atoms with van der Waals surface area (Å²) in [5.41, 5.74) is 55.7. The quantitative estimate of drug-likeness (QED) is 0.0225. The molecule has 0 spiro atoms. The summed E-state index contributed by atoms with van der Waals surface area (Å²) >= 11 is 0. The zero-order valence-corrected chi connectivity index (χ0v) is 96.5. The second-order valence-electron chi connectivity index (χ2n) is 48.4. The zero-order valence-electron chi connectivity index (χ0n) is 96.5. The van der Waals surface area contributed by atoms with Gasteiger partial charge >= 0.3 is 0 Å². The molecule has 4 aromatic carbocycles. The minimum atomic E-state index is -0.0933. The van der Waals surface area contributed by atoms with Crippen LogP contribution in [0.3, 0.4) is 0 Å². The summed E-state index contributed by atoms with van der Waals surface area (Å²) in [6.45, 7) is 66.6. The Morgan fingerprint density at radius 1 is 0.219 bits per heavy atom. The van der Waals surface area contributed by atoms with E-state index in [-0.39, 0.29) is 21.7 Å². The number of unbranched alkanes of at least 4 members (excludes halogenated alkanes) is 24. The molecule has 0 atom stereocenters. The normalized spacial score (nSPS) is 13.3. The van der Waals surface area contributed by atoms with Crippen molar-refractivity contribution in [2.45, 2.75) is 472 Å². The summed E-state index contributed by atoms with van der Waals surface area (Å²) in [5.74, 6) is 7.53. The van der Waals surface area contributed by atoms with Gasteiger partial charge in [-0.3, -0.25) is 0 Å². The van der Waals surface area contributed by atoms with Crippen LogP contribution in [0, 0.1) is 39.5 Å². The third-order valence-corrected chi connectivity index (χ3v) is 33.0. The Kier molecular flexibility index (Phi) is 38.0. The monoisotopic (exact) mass is 1960 g/mol. The lowest BCUT2D eigenvalue weighted by molar-refractivity contribution is 0.568. The zero-order chi connectivity index (χ0) is 105. The first-order valence-corrected chi connectivity index (χ1v) is 58.4. The molecule has 0 amide bonds. The largest absolute Gasteiger partial charge is 0.354 e. The van der Waals surface area contributed by atoms with Crippen LogP contribution in [-0.4, -0.2) is 39.9 Å². The molecule has 10 aromatic rings. The molecule has 0 fully saturated rings. The second kappa shape index (κ2) is 49.8. The number of aromatic amines is 4. The van der Waals surface area contributed by atoms with Gasteiger partial charge in [0.05, 0.1) is 67.6 Å². The van der Waals surface area contributed by atoms with Crippen molar-refractivity contribution in [1.29, 1.82) is 0 Å². The molecule has 8 nitrogen and oxygen atoms in total. The Labute approximate surface area is 883 Å². The van der Waals surface area contributed by atoms with Crippen LogP contribution in [0.5, 0.6) is 0 Å². The number of nitrogens with one attached hydrogen (secondary N) is 4. The number of fused-ring (bicyclic) bond motifs is 16. The molecule has 14 rings (SSSR count). The van der Waals surface area contributed by atoms with Crippen molar-refractivity contribution in [3.05, 3.63) is 233 Å². The van der Waals surface area contributed by atoms with E-state index in [0.717, 1.165) is 193 Å². The molecule has 4 aliphatic heterocycles. The number of nitrogens with zero attached hydrogens (tertiary/aromatic N) is 4. The average Bonchev–Trinajstić information content (AvgIpc) is 1.59. The summed E-state index contributed by atoms with van der Waals surface area (Å²) in [4.78, 5) is 42.0. The Balaban J connectivity index is 0.998. The molecule has 4 N–H and O–H groups in total. The number of hydrogen-bond donors (Lipinski definition) is 4. The summed E-state index contributed by atoms with van der Waals surface area (Å²) in [6.07, 6.45) is 45.3. The van der Waals surface area contributed by atoms with Crippen LogP contribution in [0.1, 0.15) is 521 Å². The van der Waals surface area contributed by atoms with Crippen molar-refractivity contribution in [3.63, 3.8) is 0 Å². The minimum Gasteiger partial charge on any atom is -0.354 e. The van der Waals surface area contributed by atoms with Gasteiger partial charge in [0, 0.05) is 55.4 Å². The van der Waals surface area contributed by atoms with Gasteiger partial charge < -0.3 is 19.9 Å². The standard InChI is InChI=1S/C138H186N8/c1-29-37-45-53-61-107-89(9)127-123(128-90(10)108(62-54-46-38-30-2)116(140-128)86-120-112(66-58-50-42-34-6)94(14)132(144-120)125(101-79-103(135(17,18)19)83-104(80-101)136(20,21)22)131-93(13)111(65-57-49-41-33-5)119(143-131)85-115(107)139-127)99-75-71-97(72-76-99)69-70-98-73-77-100(78-74-98)124-129-91(11)109(63-55-47-39-31-3)117(141-129)87-121-113(67-59-51-43-35-7)95(15)133(145-121)126(102-81-105(137(23,24)25)84-106(82-102)138(26,27)28)134-96(16)114(68-60-52-44-36-8)122(146-134)88-118-110(64-56-48-40-32-4)92(12)130(124)142-118/h71-88,139,144-146H,29-68H2,1-28H3. The molecule has 0 saturated heterocycles. The predicted octanol–water partition coefficient (Wildman–Crippen LogP) is 41.5. The number of rotatable bonds is 44. The van der Waals surface area contributed by atoms with Crippen LogP contribution >= 0.6 is 0 Å². The van der Waals surface area contributed by atoms with Crippen molar-refractivity contribution in [2.24, 2.45) is 0 Å². The first-order valence-electron chi connectivity index (χ1n) is 58.4. The van der Waals surface area contributed by atoms with Crippen molar-refractivity contribution < 1.29 is 0 Å². The molecule has 8 heteroatoms. The summed E-state index contributed by atoms with van der Waals surface area (Å²) in [5, 5.41) is 0. The fourth-order valence-corrected chi connectivity index (χ4v) is 23.4. The lowest BCUT2D eigenvalue weighted by Gasteiger charge is -2.26. The predicted molar refractivity (Wildman–Crippen MR) is 640 cm³/mol.